The zero-order valence-electron chi connectivity index (χ0n) is 19.5. The second-order valence-corrected chi connectivity index (χ2v) is 8.69. The van der Waals surface area contributed by atoms with Gasteiger partial charge in [-0.1, -0.05) is 0 Å². The van der Waals surface area contributed by atoms with Gasteiger partial charge in [-0.05, 0) is 57.2 Å². The van der Waals surface area contributed by atoms with E-state index in [1.54, 1.807) is 20.8 Å². The Bertz CT molecular complexity index is 1040. The number of anilines is 2. The molecule has 0 spiro atoms. The maximum Gasteiger partial charge on any atom is 0.487 e. The van der Waals surface area contributed by atoms with Gasteiger partial charge in [0.15, 0.2) is 0 Å². The third kappa shape index (κ3) is 10.0. The summed E-state index contributed by atoms with van der Waals surface area (Å²) in [6.07, 6.45) is 0.788. The zero-order chi connectivity index (χ0) is 26.2. The number of aromatic nitrogens is 1. The van der Waals surface area contributed by atoms with Gasteiger partial charge in [0.25, 0.3) is 5.91 Å². The van der Waals surface area contributed by atoms with Gasteiger partial charge in [-0.15, -0.1) is 8.78 Å². The highest BCUT2D eigenvalue weighted by atomic mass is 35.5. The molecule has 0 fully saturated rings. The molecule has 0 bridgehead atoms. The maximum atomic E-state index is 12.7. The van der Waals surface area contributed by atoms with Gasteiger partial charge in [0, 0.05) is 43.5 Å². The molecule has 3 N–H and O–H groups in total. The molecule has 190 valence electrons. The summed E-state index contributed by atoms with van der Waals surface area (Å²) in [5, 5.41) is 2.88. The molecule has 1 aromatic carbocycles. The molecule has 2 rings (SSSR count). The van der Waals surface area contributed by atoms with Crippen LogP contribution in [0.2, 0.25) is 0 Å². The van der Waals surface area contributed by atoms with E-state index in [0.29, 0.717) is 5.69 Å². The molecule has 3 amide bonds. The van der Waals surface area contributed by atoms with Crippen molar-refractivity contribution in [1.29, 1.82) is 0 Å². The Labute approximate surface area is 205 Å². The molecule has 1 heterocycles. The molecule has 1 aromatic heterocycles. The van der Waals surface area contributed by atoms with Crippen molar-refractivity contribution in [2.75, 3.05) is 18.9 Å². The van der Waals surface area contributed by atoms with E-state index in [9.17, 15) is 23.2 Å². The lowest BCUT2D eigenvalue weighted by molar-refractivity contribution is -0.122. The van der Waals surface area contributed by atoms with Crippen LogP contribution in [0.1, 0.15) is 37.6 Å². The van der Waals surface area contributed by atoms with E-state index in [4.69, 9.17) is 16.3 Å². The Kier molecular flexibility index (Phi) is 9.18. The molecule has 0 radical (unpaired) electrons. The van der Waals surface area contributed by atoms with Gasteiger partial charge >= 0.3 is 11.7 Å². The van der Waals surface area contributed by atoms with E-state index >= 15 is 0 Å². The van der Waals surface area contributed by atoms with Gasteiger partial charge in [-0.3, -0.25) is 20.4 Å². The number of hydrogen-bond acceptors (Lipinski definition) is 7. The van der Waals surface area contributed by atoms with Crippen LogP contribution < -0.4 is 20.9 Å². The molecule has 0 aliphatic heterocycles. The number of hydrogen-bond donors (Lipinski definition) is 3. The monoisotopic (exact) mass is 513 g/mol. The molecule has 13 heteroatoms. The highest BCUT2D eigenvalue weighted by Crippen LogP contribution is 2.27. The standard InChI is InChI=1S/C22H26ClF2N5O5/c1-21(2,3)35-20(33)30(4)13-11-17(31)28-29-19(32)16-6-5-12-26-18(16)27-14-7-9-15(10-8-14)34-22(23,24)25/h5-10,12H,11,13H2,1-4H3,(H,26,27)(H,28,31)(H,29,32). The van der Waals surface area contributed by atoms with Crippen LogP contribution in [0.15, 0.2) is 42.6 Å². The van der Waals surface area contributed by atoms with Crippen LogP contribution in [0.4, 0.5) is 25.1 Å². The number of pyridine rings is 1. The van der Waals surface area contributed by atoms with Crippen molar-refractivity contribution in [2.24, 2.45) is 0 Å². The number of alkyl halides is 3. The van der Waals surface area contributed by atoms with E-state index in [1.165, 1.54) is 54.5 Å². The van der Waals surface area contributed by atoms with Crippen LogP contribution >= 0.6 is 11.6 Å². The fourth-order valence-corrected chi connectivity index (χ4v) is 2.61. The lowest BCUT2D eigenvalue weighted by atomic mass is 10.2. The second kappa shape index (κ2) is 11.6. The second-order valence-electron chi connectivity index (χ2n) is 8.25. The third-order valence-corrected chi connectivity index (χ3v) is 4.18. The summed E-state index contributed by atoms with van der Waals surface area (Å²) in [5.74, 6) is -1.19. The minimum atomic E-state index is -3.84. The molecule has 35 heavy (non-hydrogen) atoms. The number of nitrogens with zero attached hydrogens (tertiary/aromatic N) is 2. The predicted octanol–water partition coefficient (Wildman–Crippen LogP) is 4.01. The van der Waals surface area contributed by atoms with Crippen molar-refractivity contribution >= 4 is 41.0 Å². The van der Waals surface area contributed by atoms with Gasteiger partial charge in [0.1, 0.15) is 17.2 Å². The summed E-state index contributed by atoms with van der Waals surface area (Å²) >= 11 is 4.74. The van der Waals surface area contributed by atoms with Crippen molar-refractivity contribution in [3.63, 3.8) is 0 Å². The van der Waals surface area contributed by atoms with Gasteiger partial charge in [0.05, 0.1) is 5.56 Å². The number of amides is 3. The molecule has 0 aliphatic rings. The molecule has 0 atom stereocenters. The number of benzene rings is 1. The topological polar surface area (TPSA) is 122 Å². The van der Waals surface area contributed by atoms with Crippen molar-refractivity contribution in [1.82, 2.24) is 20.7 Å². The largest absolute Gasteiger partial charge is 0.487 e. The molecule has 0 saturated carbocycles. The number of hydrazine groups is 1. The van der Waals surface area contributed by atoms with Crippen molar-refractivity contribution in [3.05, 3.63) is 48.2 Å². The van der Waals surface area contributed by atoms with Gasteiger partial charge in [-0.25, -0.2) is 9.78 Å². The van der Waals surface area contributed by atoms with E-state index < -0.39 is 29.1 Å². The molecule has 10 nitrogen and oxygen atoms in total. The quantitative estimate of drug-likeness (QED) is 0.360. The number of carbonyl (C=O) groups excluding carboxylic acids is 3. The summed E-state index contributed by atoms with van der Waals surface area (Å²) in [7, 11) is 1.49. The summed E-state index contributed by atoms with van der Waals surface area (Å²) in [5.41, 5.74) is 0.584. The first-order valence-corrected chi connectivity index (χ1v) is 10.7. The van der Waals surface area contributed by atoms with Crippen LogP contribution in [-0.4, -0.2) is 52.6 Å². The molecule has 0 saturated heterocycles. The first-order valence-electron chi connectivity index (χ1n) is 10.3. The minimum Gasteiger partial charge on any atom is -0.444 e. The Hall–Kier alpha value is -3.67. The van der Waals surface area contributed by atoms with Crippen molar-refractivity contribution in [3.8, 4) is 5.75 Å². The van der Waals surface area contributed by atoms with Crippen LogP contribution in [0.5, 0.6) is 5.75 Å². The molecule has 0 unspecified atom stereocenters. The summed E-state index contributed by atoms with van der Waals surface area (Å²) in [6.45, 7) is 5.27. The number of carbonyl (C=O) groups is 3. The lowest BCUT2D eigenvalue weighted by Gasteiger charge is -2.24. The average Bonchev–Trinajstić information content (AvgIpc) is 2.75. The minimum absolute atomic E-state index is 0.0751. The van der Waals surface area contributed by atoms with E-state index in [-0.39, 0.29) is 30.1 Å². The number of halogens is 3. The Morgan fingerprint density at radius 3 is 2.34 bits per heavy atom. The number of ether oxygens (including phenoxy) is 2. The Morgan fingerprint density at radius 1 is 1.09 bits per heavy atom. The van der Waals surface area contributed by atoms with Crippen molar-refractivity contribution in [2.45, 2.75) is 38.4 Å². The van der Waals surface area contributed by atoms with Crippen LogP contribution in [0.3, 0.4) is 0 Å². The smallest absolute Gasteiger partial charge is 0.444 e. The number of rotatable bonds is 8. The Balaban J connectivity index is 1.91. The first kappa shape index (κ1) is 27.6. The van der Waals surface area contributed by atoms with Gasteiger partial charge < -0.3 is 19.7 Å². The van der Waals surface area contributed by atoms with Gasteiger partial charge in [-0.2, -0.15) is 0 Å². The normalized spacial score (nSPS) is 11.3. The highest BCUT2D eigenvalue weighted by molar-refractivity contribution is 6.20. The van der Waals surface area contributed by atoms with E-state index in [1.807, 2.05) is 0 Å². The SMILES string of the molecule is CN(CCC(=O)NNC(=O)c1cccnc1Nc1ccc(OC(F)(F)Cl)cc1)C(=O)OC(C)(C)C. The molecule has 0 aliphatic carbocycles. The average molecular weight is 514 g/mol. The fraction of sp³-hybridized carbons (Fsp3) is 0.364. The highest BCUT2D eigenvalue weighted by Gasteiger charge is 2.27. The van der Waals surface area contributed by atoms with Gasteiger partial charge in [0.2, 0.25) is 5.91 Å². The predicted molar refractivity (Wildman–Crippen MR) is 124 cm³/mol. The summed E-state index contributed by atoms with van der Waals surface area (Å²) in [6, 6.07) is 8.37. The molecule has 2 aromatic rings. The molecular weight excluding hydrogens is 488 g/mol. The first-order chi connectivity index (χ1) is 16.2. The zero-order valence-corrected chi connectivity index (χ0v) is 20.3. The van der Waals surface area contributed by atoms with Crippen LogP contribution in [0, 0.1) is 0 Å². The molecular formula is C22H26ClF2N5O5. The maximum absolute atomic E-state index is 12.7. The van der Waals surface area contributed by atoms with E-state index in [2.05, 4.69) is 25.9 Å². The third-order valence-electron chi connectivity index (χ3n) is 4.10. The van der Waals surface area contributed by atoms with Crippen LogP contribution in [-0.2, 0) is 9.53 Å². The van der Waals surface area contributed by atoms with Crippen molar-refractivity contribution < 1.29 is 32.6 Å². The fourth-order valence-electron chi connectivity index (χ4n) is 2.52. The van der Waals surface area contributed by atoms with E-state index in [0.717, 1.165) is 0 Å². The Morgan fingerprint density at radius 2 is 1.74 bits per heavy atom. The van der Waals surface area contributed by atoms with Crippen LogP contribution in [0.25, 0.3) is 0 Å². The number of nitrogens with one attached hydrogen (secondary N) is 3. The summed E-state index contributed by atoms with van der Waals surface area (Å²) in [4.78, 5) is 41.9. The lowest BCUT2D eigenvalue weighted by Crippen LogP contribution is -2.43. The summed E-state index contributed by atoms with van der Waals surface area (Å²) < 4.78 is 34.9.